The van der Waals surface area contributed by atoms with Crippen LogP contribution in [0.5, 0.6) is 5.75 Å². The van der Waals surface area contributed by atoms with Gasteiger partial charge in [0.1, 0.15) is 11.9 Å². The minimum absolute atomic E-state index is 0.0189. The number of carbonyl (C=O) groups excluding carboxylic acids is 1. The molecule has 1 atom stereocenters. The smallest absolute Gasteiger partial charge is 0.255 e. The average Bonchev–Trinajstić information content (AvgIpc) is 2.74. The zero-order valence-corrected chi connectivity index (χ0v) is 17.4. The van der Waals surface area contributed by atoms with Crippen LogP contribution in [0.1, 0.15) is 25.5 Å². The van der Waals surface area contributed by atoms with E-state index in [-0.39, 0.29) is 11.5 Å². The third-order valence-electron chi connectivity index (χ3n) is 5.62. The molecule has 0 aromatic carbocycles. The first-order valence-electron chi connectivity index (χ1n) is 10.2. The topological polar surface area (TPSA) is 54.9 Å². The van der Waals surface area contributed by atoms with Gasteiger partial charge < -0.3 is 19.3 Å². The highest BCUT2D eigenvalue weighted by Gasteiger charge is 2.44. The van der Waals surface area contributed by atoms with Crippen LogP contribution in [0, 0.1) is 0 Å². The molecule has 1 spiro atoms. The lowest BCUT2D eigenvalue weighted by atomic mass is 9.88. The molecule has 0 aliphatic carbocycles. The zero-order chi connectivity index (χ0) is 20.7. The molecule has 1 unspecified atom stereocenters. The second-order valence-electron chi connectivity index (χ2n) is 7.65. The number of hydrogen-bond acceptors (Lipinski definition) is 5. The van der Waals surface area contributed by atoms with Gasteiger partial charge in [0.2, 0.25) is 0 Å². The molecular weight excluding hydrogens is 366 g/mol. The summed E-state index contributed by atoms with van der Waals surface area (Å²) in [6.07, 6.45) is 13.3. The lowest BCUT2D eigenvalue weighted by Crippen LogP contribution is -2.60. The van der Waals surface area contributed by atoms with Gasteiger partial charge in [-0.25, -0.2) is 0 Å². The lowest BCUT2D eigenvalue weighted by molar-refractivity contribution is -0.184. The van der Waals surface area contributed by atoms with Crippen LogP contribution in [-0.2, 0) is 16.0 Å². The molecule has 2 saturated heterocycles. The molecule has 0 radical (unpaired) electrons. The monoisotopic (exact) mass is 397 g/mol. The SMILES string of the molecule is C=C/C=C\C=C\N1CC2(CCN(CCc3cc(OC)ccn3)CC2)OC(C)C1=O. The van der Waals surface area contributed by atoms with Crippen LogP contribution in [0.25, 0.3) is 0 Å². The van der Waals surface area contributed by atoms with Crippen molar-refractivity contribution in [2.75, 3.05) is 33.3 Å². The van der Waals surface area contributed by atoms with E-state index in [1.165, 1.54) is 0 Å². The predicted octanol–water partition coefficient (Wildman–Crippen LogP) is 2.97. The van der Waals surface area contributed by atoms with Gasteiger partial charge in [0, 0.05) is 50.2 Å². The molecule has 1 aromatic heterocycles. The van der Waals surface area contributed by atoms with Gasteiger partial charge in [-0.1, -0.05) is 24.8 Å². The van der Waals surface area contributed by atoms with Crippen molar-refractivity contribution in [3.05, 3.63) is 61.1 Å². The van der Waals surface area contributed by atoms with Crippen molar-refractivity contribution in [2.45, 2.75) is 37.9 Å². The van der Waals surface area contributed by atoms with Crippen LogP contribution in [0.3, 0.4) is 0 Å². The van der Waals surface area contributed by atoms with Crippen molar-refractivity contribution < 1.29 is 14.3 Å². The summed E-state index contributed by atoms with van der Waals surface area (Å²) < 4.78 is 11.5. The molecule has 29 heavy (non-hydrogen) atoms. The normalized spacial score (nSPS) is 22.6. The summed E-state index contributed by atoms with van der Waals surface area (Å²) in [5.74, 6) is 0.864. The van der Waals surface area contributed by atoms with Crippen LogP contribution < -0.4 is 4.74 Å². The first-order chi connectivity index (χ1) is 14.0. The summed E-state index contributed by atoms with van der Waals surface area (Å²) >= 11 is 0. The van der Waals surface area contributed by atoms with Crippen molar-refractivity contribution >= 4 is 5.91 Å². The first kappa shape index (κ1) is 21.3. The van der Waals surface area contributed by atoms with Crippen LogP contribution in [0.15, 0.2) is 55.4 Å². The Bertz CT molecular complexity index is 766. The molecule has 2 fully saturated rings. The maximum absolute atomic E-state index is 12.5. The van der Waals surface area contributed by atoms with Crippen LogP contribution in [0.4, 0.5) is 0 Å². The Balaban J connectivity index is 1.54. The molecule has 6 heteroatoms. The number of amides is 1. The van der Waals surface area contributed by atoms with Gasteiger partial charge in [-0.15, -0.1) is 0 Å². The number of hydrogen-bond donors (Lipinski definition) is 0. The Morgan fingerprint density at radius 1 is 1.34 bits per heavy atom. The van der Waals surface area contributed by atoms with E-state index in [9.17, 15) is 4.79 Å². The Morgan fingerprint density at radius 3 is 2.86 bits per heavy atom. The van der Waals surface area contributed by atoms with Crippen molar-refractivity contribution in [3.63, 3.8) is 0 Å². The number of rotatable bonds is 7. The number of allylic oxidation sites excluding steroid dienone is 4. The lowest BCUT2D eigenvalue weighted by Gasteiger charge is -2.48. The number of piperidine rings is 1. The number of methoxy groups -OCH3 is 1. The minimum Gasteiger partial charge on any atom is -0.497 e. The van der Waals surface area contributed by atoms with Crippen LogP contribution in [-0.4, -0.2) is 65.7 Å². The van der Waals surface area contributed by atoms with Gasteiger partial charge in [-0.05, 0) is 31.9 Å². The van der Waals surface area contributed by atoms with Gasteiger partial charge in [-0.2, -0.15) is 0 Å². The van der Waals surface area contributed by atoms with E-state index < -0.39 is 6.10 Å². The molecule has 2 aliphatic heterocycles. The quantitative estimate of drug-likeness (QED) is 0.662. The summed E-state index contributed by atoms with van der Waals surface area (Å²) in [6, 6.07) is 3.86. The van der Waals surface area contributed by atoms with Crippen LogP contribution >= 0.6 is 0 Å². The number of aromatic nitrogens is 1. The fraction of sp³-hybridized carbons (Fsp3) is 0.478. The standard InChI is InChI=1S/C23H31N3O3/c1-4-5-6-7-13-26-18-23(29-19(2)22(26)27)10-15-25(16-11-23)14-9-20-17-21(28-3)8-12-24-20/h4-8,12-13,17,19H,1,9-11,14-16,18H2,2-3H3/b6-5-,13-7+. The molecule has 0 saturated carbocycles. The van der Waals surface area contributed by atoms with Gasteiger partial charge in [0.15, 0.2) is 0 Å². The number of nitrogens with zero attached hydrogens (tertiary/aromatic N) is 3. The highest BCUT2D eigenvalue weighted by atomic mass is 16.5. The van der Waals surface area contributed by atoms with Gasteiger partial charge in [0.25, 0.3) is 5.91 Å². The molecular formula is C23H31N3O3. The first-order valence-corrected chi connectivity index (χ1v) is 10.2. The molecule has 2 aliphatic rings. The Morgan fingerprint density at radius 2 is 2.14 bits per heavy atom. The Kier molecular flexibility index (Phi) is 7.23. The molecule has 3 heterocycles. The molecule has 6 nitrogen and oxygen atoms in total. The fourth-order valence-electron chi connectivity index (χ4n) is 3.96. The van der Waals surface area contributed by atoms with Gasteiger partial charge >= 0.3 is 0 Å². The highest BCUT2D eigenvalue weighted by molar-refractivity contribution is 5.82. The summed E-state index contributed by atoms with van der Waals surface area (Å²) in [7, 11) is 1.67. The Hall–Kier alpha value is -2.44. The van der Waals surface area contributed by atoms with E-state index in [1.54, 1.807) is 24.3 Å². The third kappa shape index (κ3) is 5.55. The van der Waals surface area contributed by atoms with Crippen molar-refractivity contribution in [1.29, 1.82) is 0 Å². The summed E-state index contributed by atoms with van der Waals surface area (Å²) in [4.78, 5) is 21.2. The molecule has 156 valence electrons. The van der Waals surface area contributed by atoms with Crippen LogP contribution in [0.2, 0.25) is 0 Å². The largest absolute Gasteiger partial charge is 0.497 e. The maximum atomic E-state index is 12.5. The van der Waals surface area contributed by atoms with Crippen molar-refractivity contribution in [1.82, 2.24) is 14.8 Å². The molecule has 1 aromatic rings. The number of likely N-dealkylation sites (tertiary alicyclic amines) is 1. The molecule has 3 rings (SSSR count). The van der Waals surface area contributed by atoms with Crippen molar-refractivity contribution in [2.24, 2.45) is 0 Å². The third-order valence-corrected chi connectivity index (χ3v) is 5.62. The van der Waals surface area contributed by atoms with Gasteiger partial charge in [-0.3, -0.25) is 9.78 Å². The second-order valence-corrected chi connectivity index (χ2v) is 7.65. The van der Waals surface area contributed by atoms with E-state index >= 15 is 0 Å². The maximum Gasteiger partial charge on any atom is 0.255 e. The zero-order valence-electron chi connectivity index (χ0n) is 17.4. The highest BCUT2D eigenvalue weighted by Crippen LogP contribution is 2.33. The van der Waals surface area contributed by atoms with E-state index in [4.69, 9.17) is 9.47 Å². The van der Waals surface area contributed by atoms with E-state index in [1.807, 2.05) is 43.5 Å². The number of morpholine rings is 1. The Labute approximate surface area is 173 Å². The molecule has 1 amide bonds. The van der Waals surface area contributed by atoms with E-state index in [2.05, 4.69) is 16.5 Å². The number of carbonyl (C=O) groups is 1. The van der Waals surface area contributed by atoms with E-state index in [0.717, 1.165) is 50.3 Å². The predicted molar refractivity (Wildman–Crippen MR) is 114 cm³/mol. The van der Waals surface area contributed by atoms with Gasteiger partial charge in [0.05, 0.1) is 19.3 Å². The van der Waals surface area contributed by atoms with E-state index in [0.29, 0.717) is 6.54 Å². The average molecular weight is 398 g/mol. The summed E-state index contributed by atoms with van der Waals surface area (Å²) in [6.45, 7) is 8.99. The molecule has 0 bridgehead atoms. The summed E-state index contributed by atoms with van der Waals surface area (Å²) in [5.41, 5.74) is 0.784. The number of ether oxygens (including phenoxy) is 2. The van der Waals surface area contributed by atoms with Crippen molar-refractivity contribution in [3.8, 4) is 5.75 Å². The minimum atomic E-state index is -0.413. The summed E-state index contributed by atoms with van der Waals surface area (Å²) in [5, 5.41) is 0. The fourth-order valence-corrected chi connectivity index (χ4v) is 3.96. The second kappa shape index (κ2) is 9.85. The number of pyridine rings is 1. The molecule has 0 N–H and O–H groups in total.